The number of hydrogen-bond acceptors (Lipinski definition) is 4. The highest BCUT2D eigenvalue weighted by molar-refractivity contribution is 5.49. The third-order valence-corrected chi connectivity index (χ3v) is 2.85. The zero-order chi connectivity index (χ0) is 13.8. The molecular weight excluding hydrogens is 240 g/mol. The molecule has 100 valence electrons. The van der Waals surface area contributed by atoms with E-state index in [9.17, 15) is 0 Å². The van der Waals surface area contributed by atoms with Crippen molar-refractivity contribution >= 4 is 5.69 Å². The largest absolute Gasteiger partial charge is 0.476 e. The van der Waals surface area contributed by atoms with Gasteiger partial charge in [0.1, 0.15) is 5.75 Å². The molecule has 0 spiro atoms. The summed E-state index contributed by atoms with van der Waals surface area (Å²) in [6, 6.07) is 9.38. The monoisotopic (exact) mass is 258 g/mol. The van der Waals surface area contributed by atoms with Gasteiger partial charge in [-0.3, -0.25) is 0 Å². The van der Waals surface area contributed by atoms with Gasteiger partial charge in [-0.2, -0.15) is 4.98 Å². The molecule has 2 N–H and O–H groups in total. The Labute approximate surface area is 113 Å². The van der Waals surface area contributed by atoms with Gasteiger partial charge in [0.15, 0.2) is 0 Å². The predicted molar refractivity (Wildman–Crippen MR) is 75.8 cm³/mol. The van der Waals surface area contributed by atoms with Gasteiger partial charge in [-0.15, -0.1) is 0 Å². The summed E-state index contributed by atoms with van der Waals surface area (Å²) in [6.45, 7) is 6.51. The first kappa shape index (κ1) is 13.2. The fraction of sp³-hybridized carbons (Fsp3) is 0.267. The first-order chi connectivity index (χ1) is 9.10. The van der Waals surface area contributed by atoms with E-state index in [4.69, 9.17) is 15.2 Å². The minimum Gasteiger partial charge on any atom is -0.476 e. The van der Waals surface area contributed by atoms with Crippen molar-refractivity contribution < 1.29 is 9.47 Å². The fourth-order valence-electron chi connectivity index (χ4n) is 1.64. The average molecular weight is 258 g/mol. The zero-order valence-corrected chi connectivity index (χ0v) is 11.4. The lowest BCUT2D eigenvalue weighted by atomic mass is 10.1. The molecule has 0 fully saturated rings. The van der Waals surface area contributed by atoms with E-state index >= 15 is 0 Å². The Morgan fingerprint density at radius 3 is 2.58 bits per heavy atom. The van der Waals surface area contributed by atoms with E-state index < -0.39 is 0 Å². The number of aromatic nitrogens is 1. The fourth-order valence-corrected chi connectivity index (χ4v) is 1.64. The summed E-state index contributed by atoms with van der Waals surface area (Å²) in [5, 5.41) is 0. The van der Waals surface area contributed by atoms with E-state index in [2.05, 4.69) is 11.9 Å². The number of ether oxygens (including phenoxy) is 2. The number of pyridine rings is 1. The number of aryl methyl sites for hydroxylation is 2. The maximum Gasteiger partial charge on any atom is 0.240 e. The summed E-state index contributed by atoms with van der Waals surface area (Å²) in [6.07, 6.45) is 0. The molecule has 2 aromatic rings. The number of benzene rings is 1. The summed E-state index contributed by atoms with van der Waals surface area (Å²) < 4.78 is 11.1. The van der Waals surface area contributed by atoms with Crippen LogP contribution in [-0.4, -0.2) is 11.6 Å². The second-order valence-corrected chi connectivity index (χ2v) is 4.33. The van der Waals surface area contributed by atoms with Gasteiger partial charge in [0, 0.05) is 6.07 Å². The van der Waals surface area contributed by atoms with E-state index in [-0.39, 0.29) is 0 Å². The summed E-state index contributed by atoms with van der Waals surface area (Å²) in [4.78, 5) is 4.24. The number of rotatable bonds is 4. The molecular formula is C15H18N2O2. The van der Waals surface area contributed by atoms with Gasteiger partial charge in [-0.25, -0.2) is 0 Å². The van der Waals surface area contributed by atoms with Crippen LogP contribution in [0.3, 0.4) is 0 Å². The van der Waals surface area contributed by atoms with Crippen LogP contribution in [0.4, 0.5) is 5.69 Å². The summed E-state index contributed by atoms with van der Waals surface area (Å²) >= 11 is 0. The van der Waals surface area contributed by atoms with E-state index in [1.165, 1.54) is 11.1 Å². The number of hydrogen-bond donors (Lipinski definition) is 1. The summed E-state index contributed by atoms with van der Waals surface area (Å²) in [5.74, 6) is 1.63. The standard InChI is InChI=1S/C15H18N2O2/c1-4-18-15-13(16)7-8-14(17-15)19-12-6-5-10(2)11(3)9-12/h5-9H,4,16H2,1-3H3. The molecule has 1 aromatic heterocycles. The molecule has 0 aliphatic rings. The Balaban J connectivity index is 2.22. The maximum absolute atomic E-state index is 5.77. The minimum atomic E-state index is 0.406. The lowest BCUT2D eigenvalue weighted by Gasteiger charge is -2.10. The van der Waals surface area contributed by atoms with Crippen molar-refractivity contribution in [3.05, 3.63) is 41.5 Å². The number of nitrogens with two attached hydrogens (primary N) is 1. The van der Waals surface area contributed by atoms with Gasteiger partial charge >= 0.3 is 0 Å². The highest BCUT2D eigenvalue weighted by atomic mass is 16.5. The highest BCUT2D eigenvalue weighted by Gasteiger charge is 2.06. The van der Waals surface area contributed by atoms with E-state index in [0.717, 1.165) is 5.75 Å². The van der Waals surface area contributed by atoms with Crippen LogP contribution in [-0.2, 0) is 0 Å². The molecule has 2 rings (SSSR count). The quantitative estimate of drug-likeness (QED) is 0.912. The van der Waals surface area contributed by atoms with Gasteiger partial charge in [0.05, 0.1) is 12.3 Å². The molecule has 1 heterocycles. The molecule has 0 atom stereocenters. The molecule has 4 heteroatoms. The van der Waals surface area contributed by atoms with Gasteiger partial charge in [0.2, 0.25) is 11.8 Å². The smallest absolute Gasteiger partial charge is 0.240 e. The Morgan fingerprint density at radius 1 is 1.11 bits per heavy atom. The molecule has 0 unspecified atom stereocenters. The van der Waals surface area contributed by atoms with Crippen LogP contribution >= 0.6 is 0 Å². The van der Waals surface area contributed by atoms with Crippen LogP contribution in [0.5, 0.6) is 17.5 Å². The Morgan fingerprint density at radius 2 is 1.89 bits per heavy atom. The molecule has 0 saturated carbocycles. The molecule has 0 aliphatic heterocycles. The van der Waals surface area contributed by atoms with E-state index in [0.29, 0.717) is 24.1 Å². The molecule has 0 amide bonds. The van der Waals surface area contributed by atoms with E-state index in [1.807, 2.05) is 32.0 Å². The van der Waals surface area contributed by atoms with Gasteiger partial charge in [0.25, 0.3) is 0 Å². The van der Waals surface area contributed by atoms with Crippen LogP contribution < -0.4 is 15.2 Å². The predicted octanol–water partition coefficient (Wildman–Crippen LogP) is 3.47. The molecule has 19 heavy (non-hydrogen) atoms. The van der Waals surface area contributed by atoms with Crippen LogP contribution in [0.2, 0.25) is 0 Å². The first-order valence-corrected chi connectivity index (χ1v) is 6.24. The SMILES string of the molecule is CCOc1nc(Oc2ccc(C)c(C)c2)ccc1N. The lowest BCUT2D eigenvalue weighted by molar-refractivity contribution is 0.323. The number of nitrogen functional groups attached to an aromatic ring is 1. The molecule has 0 aliphatic carbocycles. The van der Waals surface area contributed by atoms with Crippen LogP contribution in [0.1, 0.15) is 18.1 Å². The molecule has 0 bridgehead atoms. The normalized spacial score (nSPS) is 10.3. The molecule has 4 nitrogen and oxygen atoms in total. The van der Waals surface area contributed by atoms with Crippen LogP contribution in [0.25, 0.3) is 0 Å². The Bertz CT molecular complexity index is 582. The van der Waals surface area contributed by atoms with Gasteiger partial charge < -0.3 is 15.2 Å². The second-order valence-electron chi connectivity index (χ2n) is 4.33. The highest BCUT2D eigenvalue weighted by Crippen LogP contribution is 2.26. The average Bonchev–Trinajstić information content (AvgIpc) is 2.38. The van der Waals surface area contributed by atoms with Crippen molar-refractivity contribution in [1.82, 2.24) is 4.98 Å². The second kappa shape index (κ2) is 5.61. The summed E-state index contributed by atoms with van der Waals surface area (Å²) in [7, 11) is 0. The third-order valence-electron chi connectivity index (χ3n) is 2.85. The first-order valence-electron chi connectivity index (χ1n) is 6.24. The van der Waals surface area contributed by atoms with Crippen molar-refractivity contribution in [2.24, 2.45) is 0 Å². The van der Waals surface area contributed by atoms with Crippen molar-refractivity contribution in [2.75, 3.05) is 12.3 Å². The zero-order valence-electron chi connectivity index (χ0n) is 11.4. The lowest BCUT2D eigenvalue weighted by Crippen LogP contribution is -2.00. The summed E-state index contributed by atoms with van der Waals surface area (Å²) in [5.41, 5.74) is 8.69. The van der Waals surface area contributed by atoms with E-state index in [1.54, 1.807) is 12.1 Å². The van der Waals surface area contributed by atoms with Crippen molar-refractivity contribution in [1.29, 1.82) is 0 Å². The van der Waals surface area contributed by atoms with Crippen LogP contribution in [0.15, 0.2) is 30.3 Å². The maximum atomic E-state index is 5.77. The molecule has 0 saturated heterocycles. The number of anilines is 1. The van der Waals surface area contributed by atoms with Crippen molar-refractivity contribution in [3.63, 3.8) is 0 Å². The van der Waals surface area contributed by atoms with Crippen molar-refractivity contribution in [3.8, 4) is 17.5 Å². The van der Waals surface area contributed by atoms with Gasteiger partial charge in [-0.05, 0) is 50.1 Å². The third kappa shape index (κ3) is 3.16. The topological polar surface area (TPSA) is 57.4 Å². The van der Waals surface area contributed by atoms with Crippen molar-refractivity contribution in [2.45, 2.75) is 20.8 Å². The number of nitrogens with zero attached hydrogens (tertiary/aromatic N) is 1. The molecule has 0 radical (unpaired) electrons. The van der Waals surface area contributed by atoms with Crippen LogP contribution in [0, 0.1) is 13.8 Å². The Kier molecular flexibility index (Phi) is 3.90. The Hall–Kier alpha value is -2.23. The minimum absolute atomic E-state index is 0.406. The van der Waals surface area contributed by atoms with Gasteiger partial charge in [-0.1, -0.05) is 6.07 Å². The molecule has 1 aromatic carbocycles.